The molecule has 2 nitrogen and oxygen atoms in total. The maximum absolute atomic E-state index is 7.62. The van der Waals surface area contributed by atoms with Crippen LogP contribution < -0.4 is 7.16 Å². The average Bonchev–Trinajstić information content (AvgIpc) is 2.41. The Hall–Kier alpha value is -0.841. The zero-order valence-electron chi connectivity index (χ0n) is 9.58. The van der Waals surface area contributed by atoms with E-state index in [1.165, 1.54) is 7.16 Å². The number of rotatable bonds is 3. The zero-order chi connectivity index (χ0) is 12.3. The van der Waals surface area contributed by atoms with Crippen molar-refractivity contribution in [1.29, 1.82) is 0 Å². The van der Waals surface area contributed by atoms with Crippen molar-refractivity contribution in [2.75, 3.05) is 13.2 Å². The van der Waals surface area contributed by atoms with E-state index in [1.807, 2.05) is 0 Å². The molecule has 0 saturated carbocycles. The summed E-state index contributed by atoms with van der Waals surface area (Å²) in [5.41, 5.74) is 0. The molecule has 0 aliphatic rings. The van der Waals surface area contributed by atoms with Gasteiger partial charge in [0.15, 0.2) is 0 Å². The van der Waals surface area contributed by atoms with Crippen LogP contribution in [0.1, 0.15) is 0 Å². The van der Waals surface area contributed by atoms with Gasteiger partial charge in [-0.1, -0.05) is 0 Å². The van der Waals surface area contributed by atoms with Crippen LogP contribution in [0.15, 0.2) is 60.7 Å². The molecule has 0 saturated heterocycles. The number of aliphatic hydroxyl groups excluding tert-OH is 2. The minimum absolute atomic E-state index is 0.125. The van der Waals surface area contributed by atoms with Gasteiger partial charge in [0.25, 0.3) is 0 Å². The van der Waals surface area contributed by atoms with E-state index in [1.54, 1.807) is 0 Å². The first kappa shape index (κ1) is 14.2. The molecule has 88 valence electrons. The van der Waals surface area contributed by atoms with Crippen molar-refractivity contribution in [2.24, 2.45) is 0 Å². The monoisotopic (exact) mass is 336 g/mol. The third kappa shape index (κ3) is 6.46. The Kier molecular flexibility index (Phi) is 7.71. The average molecular weight is 335 g/mol. The summed E-state index contributed by atoms with van der Waals surface area (Å²) >= 11 is -0.517. The van der Waals surface area contributed by atoms with Gasteiger partial charge in [-0.2, -0.15) is 0 Å². The number of benzene rings is 2. The van der Waals surface area contributed by atoms with Gasteiger partial charge in [0.2, 0.25) is 0 Å². The summed E-state index contributed by atoms with van der Waals surface area (Å²) in [5.74, 6) is 0. The molecular formula is C14H16O2Sn. The SMILES string of the molecule is OCCO.c1cc[c]([Sn][c]2ccccc2)cc1. The summed E-state index contributed by atoms with van der Waals surface area (Å²) in [7, 11) is 0. The second kappa shape index (κ2) is 9.22. The molecule has 0 amide bonds. The molecule has 0 bridgehead atoms. The molecule has 0 heterocycles. The van der Waals surface area contributed by atoms with Crippen molar-refractivity contribution in [2.45, 2.75) is 0 Å². The Morgan fingerprint density at radius 1 is 0.647 bits per heavy atom. The van der Waals surface area contributed by atoms with E-state index in [4.69, 9.17) is 10.2 Å². The summed E-state index contributed by atoms with van der Waals surface area (Å²) in [4.78, 5) is 0. The summed E-state index contributed by atoms with van der Waals surface area (Å²) in [6.45, 7) is -0.250. The summed E-state index contributed by atoms with van der Waals surface area (Å²) in [5, 5.41) is 15.2. The standard InChI is InChI=1S/2C6H5.C2H6O2.Sn/c2*1-2-4-6-5-3-1;3-1-2-4;/h2*1-5H;3-4H,1-2H2;. The molecule has 2 aromatic carbocycles. The predicted molar refractivity (Wildman–Crippen MR) is 72.1 cm³/mol. The van der Waals surface area contributed by atoms with Crippen molar-refractivity contribution in [1.82, 2.24) is 0 Å². The van der Waals surface area contributed by atoms with E-state index in [0.29, 0.717) is 0 Å². The molecule has 0 aromatic heterocycles. The topological polar surface area (TPSA) is 40.5 Å². The quantitative estimate of drug-likeness (QED) is 0.793. The molecule has 0 aliphatic heterocycles. The van der Waals surface area contributed by atoms with Gasteiger partial charge < -0.3 is 10.2 Å². The Balaban J connectivity index is 0.000000317. The molecule has 0 unspecified atom stereocenters. The van der Waals surface area contributed by atoms with Gasteiger partial charge in [0.05, 0.1) is 13.2 Å². The summed E-state index contributed by atoms with van der Waals surface area (Å²) < 4.78 is 3.08. The molecular weight excluding hydrogens is 319 g/mol. The molecule has 0 atom stereocenters. The van der Waals surface area contributed by atoms with Crippen molar-refractivity contribution in [3.05, 3.63) is 60.7 Å². The van der Waals surface area contributed by atoms with E-state index in [-0.39, 0.29) is 13.2 Å². The normalized spacial score (nSPS) is 9.29. The summed E-state index contributed by atoms with van der Waals surface area (Å²) in [6.07, 6.45) is 0. The first-order chi connectivity index (χ1) is 8.36. The molecule has 17 heavy (non-hydrogen) atoms. The van der Waals surface area contributed by atoms with Gasteiger partial charge in [-0.3, -0.25) is 0 Å². The van der Waals surface area contributed by atoms with E-state index in [0.717, 1.165) is 0 Å². The van der Waals surface area contributed by atoms with E-state index in [2.05, 4.69) is 60.7 Å². The maximum atomic E-state index is 7.62. The first-order valence-corrected chi connectivity index (χ1v) is 8.31. The zero-order valence-corrected chi connectivity index (χ0v) is 12.4. The van der Waals surface area contributed by atoms with Crippen LogP contribution in [-0.4, -0.2) is 44.6 Å². The fraction of sp³-hybridized carbons (Fsp3) is 0.143. The molecule has 2 aromatic rings. The van der Waals surface area contributed by atoms with E-state index >= 15 is 0 Å². The first-order valence-electron chi connectivity index (χ1n) is 5.45. The van der Waals surface area contributed by atoms with Crippen LogP contribution in [0.5, 0.6) is 0 Å². The molecule has 3 heteroatoms. The van der Waals surface area contributed by atoms with Crippen molar-refractivity contribution >= 4 is 28.3 Å². The van der Waals surface area contributed by atoms with Crippen LogP contribution in [0, 0.1) is 0 Å². The van der Waals surface area contributed by atoms with Gasteiger partial charge in [0.1, 0.15) is 0 Å². The van der Waals surface area contributed by atoms with Gasteiger partial charge in [0, 0.05) is 0 Å². The third-order valence-corrected chi connectivity index (χ3v) is 5.49. The van der Waals surface area contributed by atoms with Gasteiger partial charge in [-0.25, -0.2) is 0 Å². The number of aliphatic hydroxyl groups is 2. The molecule has 0 spiro atoms. The van der Waals surface area contributed by atoms with Crippen LogP contribution >= 0.6 is 0 Å². The number of hydrogen-bond acceptors (Lipinski definition) is 2. The molecule has 2 N–H and O–H groups in total. The fourth-order valence-corrected chi connectivity index (χ4v) is 4.21. The molecule has 0 fully saturated rings. The van der Waals surface area contributed by atoms with Crippen LogP contribution in [0.4, 0.5) is 0 Å². The minimum atomic E-state index is -0.517. The Morgan fingerprint density at radius 3 is 1.29 bits per heavy atom. The second-order valence-corrected chi connectivity index (χ2v) is 7.31. The van der Waals surface area contributed by atoms with Crippen molar-refractivity contribution < 1.29 is 10.2 Å². The van der Waals surface area contributed by atoms with E-state index in [9.17, 15) is 0 Å². The Bertz CT molecular complexity index is 350. The van der Waals surface area contributed by atoms with Crippen molar-refractivity contribution in [3.63, 3.8) is 0 Å². The third-order valence-electron chi connectivity index (χ3n) is 1.94. The van der Waals surface area contributed by atoms with Gasteiger partial charge >= 0.3 is 89.0 Å². The van der Waals surface area contributed by atoms with Crippen LogP contribution in [-0.2, 0) is 0 Å². The van der Waals surface area contributed by atoms with Crippen LogP contribution in [0.3, 0.4) is 0 Å². The van der Waals surface area contributed by atoms with Crippen molar-refractivity contribution in [3.8, 4) is 0 Å². The van der Waals surface area contributed by atoms with Gasteiger partial charge in [-0.15, -0.1) is 0 Å². The fourth-order valence-electron chi connectivity index (χ4n) is 1.21. The van der Waals surface area contributed by atoms with Crippen LogP contribution in [0.25, 0.3) is 0 Å². The van der Waals surface area contributed by atoms with Gasteiger partial charge in [-0.05, 0) is 0 Å². The molecule has 2 radical (unpaired) electrons. The Morgan fingerprint density at radius 2 is 1.00 bits per heavy atom. The second-order valence-electron chi connectivity index (χ2n) is 3.30. The number of hydrogen-bond donors (Lipinski definition) is 2. The van der Waals surface area contributed by atoms with Crippen LogP contribution in [0.2, 0.25) is 0 Å². The Labute approximate surface area is 112 Å². The van der Waals surface area contributed by atoms with E-state index < -0.39 is 21.1 Å². The predicted octanol–water partition coefficient (Wildman–Crippen LogP) is 0.313. The molecule has 0 aliphatic carbocycles. The molecule has 2 rings (SSSR count). The summed E-state index contributed by atoms with van der Waals surface area (Å²) in [6, 6.07) is 21.6.